The third kappa shape index (κ3) is 4.06. The van der Waals surface area contributed by atoms with Crippen LogP contribution < -0.4 is 5.32 Å². The number of carbonyl (C=O) groups is 2. The first-order chi connectivity index (χ1) is 9.01. The summed E-state index contributed by atoms with van der Waals surface area (Å²) in [5.41, 5.74) is 0. The summed E-state index contributed by atoms with van der Waals surface area (Å²) in [6.07, 6.45) is 4.20. The van der Waals surface area contributed by atoms with E-state index in [0.29, 0.717) is 25.4 Å². The predicted octanol–water partition coefficient (Wildman–Crippen LogP) is 1.25. The van der Waals surface area contributed by atoms with Crippen LogP contribution in [0.2, 0.25) is 0 Å². The van der Waals surface area contributed by atoms with Gasteiger partial charge in [-0.2, -0.15) is 0 Å². The number of carbonyl (C=O) groups excluding carboxylic acids is 1. The van der Waals surface area contributed by atoms with Crippen LogP contribution in [-0.4, -0.2) is 47.1 Å². The van der Waals surface area contributed by atoms with Gasteiger partial charge in [-0.05, 0) is 25.7 Å². The zero-order chi connectivity index (χ0) is 14.4. The number of carboxylic acids is 1. The molecule has 19 heavy (non-hydrogen) atoms. The van der Waals surface area contributed by atoms with Crippen molar-refractivity contribution >= 4 is 11.9 Å². The van der Waals surface area contributed by atoms with E-state index in [1.165, 1.54) is 0 Å². The first-order valence-electron chi connectivity index (χ1n) is 6.88. The number of rotatable bonds is 6. The molecule has 1 fully saturated rings. The molecule has 3 atom stereocenters. The molecular weight excluding hydrogens is 244 g/mol. The van der Waals surface area contributed by atoms with Crippen LogP contribution in [0.25, 0.3) is 0 Å². The molecule has 108 valence electrons. The number of hydrogen-bond acceptors (Lipinski definition) is 3. The SMILES string of the molecule is C=CCNC(=O)C(C)N1CCC(CC)CC1C(=O)O. The van der Waals surface area contributed by atoms with E-state index in [-0.39, 0.29) is 5.91 Å². The summed E-state index contributed by atoms with van der Waals surface area (Å²) in [6, 6.07) is -0.970. The molecule has 0 aromatic rings. The quantitative estimate of drug-likeness (QED) is 0.711. The van der Waals surface area contributed by atoms with E-state index >= 15 is 0 Å². The van der Waals surface area contributed by atoms with Gasteiger partial charge in [0.05, 0.1) is 6.04 Å². The van der Waals surface area contributed by atoms with Crippen molar-refractivity contribution in [2.24, 2.45) is 5.92 Å². The van der Waals surface area contributed by atoms with Crippen molar-refractivity contribution < 1.29 is 14.7 Å². The normalized spacial score (nSPS) is 25.6. The highest BCUT2D eigenvalue weighted by Gasteiger charge is 2.37. The van der Waals surface area contributed by atoms with E-state index in [4.69, 9.17) is 0 Å². The first kappa shape index (κ1) is 15.7. The number of hydrogen-bond donors (Lipinski definition) is 2. The second-order valence-corrected chi connectivity index (χ2v) is 5.10. The molecule has 0 bridgehead atoms. The van der Waals surface area contributed by atoms with Crippen LogP contribution in [0.5, 0.6) is 0 Å². The smallest absolute Gasteiger partial charge is 0.320 e. The maximum atomic E-state index is 11.9. The van der Waals surface area contributed by atoms with E-state index in [9.17, 15) is 14.7 Å². The van der Waals surface area contributed by atoms with Gasteiger partial charge in [0.1, 0.15) is 6.04 Å². The summed E-state index contributed by atoms with van der Waals surface area (Å²) >= 11 is 0. The van der Waals surface area contributed by atoms with Crippen LogP contribution in [-0.2, 0) is 9.59 Å². The predicted molar refractivity (Wildman–Crippen MR) is 73.8 cm³/mol. The molecule has 1 aliphatic heterocycles. The van der Waals surface area contributed by atoms with Crippen LogP contribution >= 0.6 is 0 Å². The molecule has 1 rings (SSSR count). The molecule has 0 spiro atoms. The first-order valence-corrected chi connectivity index (χ1v) is 6.88. The van der Waals surface area contributed by atoms with Crippen molar-refractivity contribution in [2.45, 2.75) is 45.2 Å². The monoisotopic (exact) mass is 268 g/mol. The van der Waals surface area contributed by atoms with Crippen molar-refractivity contribution in [1.82, 2.24) is 10.2 Å². The molecule has 5 heteroatoms. The Morgan fingerprint density at radius 2 is 2.26 bits per heavy atom. The van der Waals surface area contributed by atoms with E-state index in [1.54, 1.807) is 17.9 Å². The number of amides is 1. The Balaban J connectivity index is 2.70. The number of piperidine rings is 1. The molecule has 1 aliphatic rings. The van der Waals surface area contributed by atoms with E-state index in [2.05, 4.69) is 18.8 Å². The fraction of sp³-hybridized carbons (Fsp3) is 0.714. The van der Waals surface area contributed by atoms with Gasteiger partial charge in [0.2, 0.25) is 5.91 Å². The van der Waals surface area contributed by atoms with Crippen LogP contribution in [0.15, 0.2) is 12.7 Å². The zero-order valence-corrected chi connectivity index (χ0v) is 11.8. The van der Waals surface area contributed by atoms with Gasteiger partial charge in [-0.25, -0.2) is 0 Å². The van der Waals surface area contributed by atoms with Crippen LogP contribution in [0.1, 0.15) is 33.1 Å². The Morgan fingerprint density at radius 1 is 1.58 bits per heavy atom. The number of carboxylic acid groups (broad SMARTS) is 1. The number of likely N-dealkylation sites (tertiary alicyclic amines) is 1. The molecule has 5 nitrogen and oxygen atoms in total. The molecule has 0 aromatic heterocycles. The molecule has 0 aromatic carbocycles. The van der Waals surface area contributed by atoms with Crippen molar-refractivity contribution in [2.75, 3.05) is 13.1 Å². The van der Waals surface area contributed by atoms with Gasteiger partial charge in [0.25, 0.3) is 0 Å². The zero-order valence-electron chi connectivity index (χ0n) is 11.8. The lowest BCUT2D eigenvalue weighted by Gasteiger charge is -2.39. The highest BCUT2D eigenvalue weighted by Crippen LogP contribution is 2.27. The standard InChI is InChI=1S/C14H24N2O3/c1-4-7-15-13(17)10(3)16-8-6-11(5-2)9-12(16)14(18)19/h4,10-12H,1,5-9H2,2-3H3,(H,15,17)(H,18,19). The lowest BCUT2D eigenvalue weighted by atomic mass is 9.88. The summed E-state index contributed by atoms with van der Waals surface area (Å²) < 4.78 is 0. The molecule has 0 radical (unpaired) electrons. The maximum absolute atomic E-state index is 11.9. The Morgan fingerprint density at radius 3 is 2.79 bits per heavy atom. The number of nitrogens with one attached hydrogen (secondary N) is 1. The average molecular weight is 268 g/mol. The molecule has 0 saturated carbocycles. The minimum atomic E-state index is -0.832. The molecule has 0 aliphatic carbocycles. The maximum Gasteiger partial charge on any atom is 0.320 e. The van der Waals surface area contributed by atoms with Crippen LogP contribution in [0.3, 0.4) is 0 Å². The minimum absolute atomic E-state index is 0.138. The Kier molecular flexibility index (Phi) is 6.02. The fourth-order valence-electron chi connectivity index (χ4n) is 2.60. The summed E-state index contributed by atoms with van der Waals surface area (Å²) in [7, 11) is 0. The van der Waals surface area contributed by atoms with Gasteiger partial charge in [0, 0.05) is 13.1 Å². The average Bonchev–Trinajstić information content (AvgIpc) is 2.43. The van der Waals surface area contributed by atoms with Crippen molar-refractivity contribution in [3.05, 3.63) is 12.7 Å². The van der Waals surface area contributed by atoms with Gasteiger partial charge in [-0.1, -0.05) is 19.4 Å². The third-order valence-electron chi connectivity index (χ3n) is 3.91. The second-order valence-electron chi connectivity index (χ2n) is 5.10. The highest BCUT2D eigenvalue weighted by atomic mass is 16.4. The van der Waals surface area contributed by atoms with E-state index in [0.717, 1.165) is 12.8 Å². The van der Waals surface area contributed by atoms with Crippen molar-refractivity contribution in [1.29, 1.82) is 0 Å². The second kappa shape index (κ2) is 7.28. The molecule has 1 saturated heterocycles. The van der Waals surface area contributed by atoms with E-state index < -0.39 is 18.1 Å². The molecule has 1 heterocycles. The van der Waals surface area contributed by atoms with E-state index in [1.807, 2.05) is 0 Å². The molecule has 1 amide bonds. The summed E-state index contributed by atoms with van der Waals surface area (Å²) in [5.74, 6) is -0.525. The lowest BCUT2D eigenvalue weighted by Crippen LogP contribution is -2.55. The molecule has 3 unspecified atom stereocenters. The molecule has 2 N–H and O–H groups in total. The number of nitrogens with zero attached hydrogens (tertiary/aromatic N) is 1. The van der Waals surface area contributed by atoms with Crippen molar-refractivity contribution in [3.63, 3.8) is 0 Å². The van der Waals surface area contributed by atoms with Gasteiger partial charge in [-0.15, -0.1) is 6.58 Å². The summed E-state index contributed by atoms with van der Waals surface area (Å²) in [5, 5.41) is 12.1. The Bertz CT molecular complexity index is 344. The fourth-order valence-corrected chi connectivity index (χ4v) is 2.60. The van der Waals surface area contributed by atoms with Crippen LogP contribution in [0, 0.1) is 5.92 Å². The van der Waals surface area contributed by atoms with Crippen LogP contribution in [0.4, 0.5) is 0 Å². The van der Waals surface area contributed by atoms with Gasteiger partial charge >= 0.3 is 5.97 Å². The third-order valence-corrected chi connectivity index (χ3v) is 3.91. The Hall–Kier alpha value is -1.36. The van der Waals surface area contributed by atoms with Gasteiger partial charge < -0.3 is 10.4 Å². The largest absolute Gasteiger partial charge is 0.480 e. The lowest BCUT2D eigenvalue weighted by molar-refractivity contribution is -0.148. The molecular formula is C14H24N2O3. The minimum Gasteiger partial charge on any atom is -0.480 e. The summed E-state index contributed by atoms with van der Waals surface area (Å²) in [6.45, 7) is 8.47. The highest BCUT2D eigenvalue weighted by molar-refractivity contribution is 5.83. The topological polar surface area (TPSA) is 69.6 Å². The van der Waals surface area contributed by atoms with Gasteiger partial charge in [0.15, 0.2) is 0 Å². The Labute approximate surface area is 114 Å². The number of aliphatic carboxylic acids is 1. The van der Waals surface area contributed by atoms with Crippen molar-refractivity contribution in [3.8, 4) is 0 Å². The van der Waals surface area contributed by atoms with Gasteiger partial charge in [-0.3, -0.25) is 14.5 Å². The summed E-state index contributed by atoms with van der Waals surface area (Å²) in [4.78, 5) is 25.1.